The van der Waals surface area contributed by atoms with E-state index in [-0.39, 0.29) is 6.04 Å². The molecule has 1 aromatic carbocycles. The number of hydrogen-bond donors (Lipinski definition) is 2. The molecule has 1 heterocycles. The molecule has 0 spiro atoms. The van der Waals surface area contributed by atoms with Crippen molar-refractivity contribution in [2.45, 2.75) is 38.8 Å². The zero-order valence-electron chi connectivity index (χ0n) is 12.7. The van der Waals surface area contributed by atoms with E-state index in [1.807, 2.05) is 6.07 Å². The van der Waals surface area contributed by atoms with Crippen LogP contribution in [0.3, 0.4) is 0 Å². The molecule has 4 heteroatoms. The number of methoxy groups -OCH3 is 1. The number of benzene rings is 1. The topological polar surface area (TPSA) is 44.7 Å². The molecule has 0 amide bonds. The lowest BCUT2D eigenvalue weighted by molar-refractivity contribution is 0.254. The number of rotatable bonds is 6. The molecule has 2 unspecified atom stereocenters. The van der Waals surface area contributed by atoms with Crippen LogP contribution in [0.15, 0.2) is 18.2 Å². The van der Waals surface area contributed by atoms with Gasteiger partial charge in [0.25, 0.3) is 0 Å². The van der Waals surface area contributed by atoms with Gasteiger partial charge in [-0.3, -0.25) is 4.90 Å². The van der Waals surface area contributed by atoms with E-state index in [4.69, 9.17) is 4.74 Å². The molecule has 1 aliphatic rings. The number of likely N-dealkylation sites (N-methyl/N-ethyl adjacent to an activating group) is 1. The number of phenols is 1. The fourth-order valence-electron chi connectivity index (χ4n) is 3.10. The summed E-state index contributed by atoms with van der Waals surface area (Å²) in [6, 6.07) is 6.09. The minimum atomic E-state index is 0.0745. The van der Waals surface area contributed by atoms with Gasteiger partial charge in [0.1, 0.15) is 11.5 Å². The van der Waals surface area contributed by atoms with Gasteiger partial charge in [0.05, 0.1) is 12.7 Å². The second kappa shape index (κ2) is 6.95. The van der Waals surface area contributed by atoms with Crippen LogP contribution >= 0.6 is 0 Å². The molecule has 1 aliphatic heterocycles. The van der Waals surface area contributed by atoms with Crippen molar-refractivity contribution in [3.63, 3.8) is 0 Å². The van der Waals surface area contributed by atoms with Gasteiger partial charge in [-0.2, -0.15) is 0 Å². The fraction of sp³-hybridized carbons (Fsp3) is 0.625. The Balaban J connectivity index is 2.00. The van der Waals surface area contributed by atoms with Crippen molar-refractivity contribution in [2.75, 3.05) is 26.7 Å². The first-order valence-corrected chi connectivity index (χ1v) is 7.50. The average molecular weight is 278 g/mol. The number of hydrogen-bond acceptors (Lipinski definition) is 4. The molecule has 1 aromatic rings. The van der Waals surface area contributed by atoms with Gasteiger partial charge in [-0.15, -0.1) is 0 Å². The molecular weight excluding hydrogens is 252 g/mol. The predicted molar refractivity (Wildman–Crippen MR) is 81.3 cm³/mol. The Morgan fingerprint density at radius 1 is 1.50 bits per heavy atom. The van der Waals surface area contributed by atoms with E-state index in [1.54, 1.807) is 19.2 Å². The minimum absolute atomic E-state index is 0.0745. The van der Waals surface area contributed by atoms with Crippen molar-refractivity contribution in [3.05, 3.63) is 23.8 Å². The second-order valence-electron chi connectivity index (χ2n) is 5.45. The van der Waals surface area contributed by atoms with Crippen molar-refractivity contribution in [3.8, 4) is 11.5 Å². The maximum atomic E-state index is 10.1. The normalized spacial score (nSPS) is 21.1. The van der Waals surface area contributed by atoms with Gasteiger partial charge in [0, 0.05) is 18.6 Å². The molecule has 0 aromatic heterocycles. The van der Waals surface area contributed by atoms with Crippen LogP contribution in [-0.4, -0.2) is 42.8 Å². The van der Waals surface area contributed by atoms with Gasteiger partial charge in [-0.1, -0.05) is 13.0 Å². The maximum absolute atomic E-state index is 10.1. The van der Waals surface area contributed by atoms with E-state index >= 15 is 0 Å². The molecular formula is C16H26N2O2. The van der Waals surface area contributed by atoms with Gasteiger partial charge in [-0.05, 0) is 45.0 Å². The summed E-state index contributed by atoms with van der Waals surface area (Å²) < 4.78 is 5.35. The molecule has 4 nitrogen and oxygen atoms in total. The highest BCUT2D eigenvalue weighted by Gasteiger charge is 2.24. The van der Waals surface area contributed by atoms with Crippen molar-refractivity contribution < 1.29 is 9.84 Å². The Kier molecular flexibility index (Phi) is 5.26. The Hall–Kier alpha value is -1.26. The van der Waals surface area contributed by atoms with Crippen LogP contribution in [0.1, 0.15) is 38.3 Å². The zero-order valence-corrected chi connectivity index (χ0v) is 12.7. The van der Waals surface area contributed by atoms with Crippen molar-refractivity contribution in [2.24, 2.45) is 0 Å². The van der Waals surface area contributed by atoms with E-state index in [0.29, 0.717) is 11.8 Å². The lowest BCUT2D eigenvalue weighted by atomic mass is 10.1. The summed E-state index contributed by atoms with van der Waals surface area (Å²) >= 11 is 0. The van der Waals surface area contributed by atoms with Crippen LogP contribution in [0.25, 0.3) is 0 Å². The summed E-state index contributed by atoms with van der Waals surface area (Å²) in [5.41, 5.74) is 0.844. The molecule has 0 bridgehead atoms. The molecule has 1 fully saturated rings. The lowest BCUT2D eigenvalue weighted by Gasteiger charge is -2.26. The van der Waals surface area contributed by atoms with Gasteiger partial charge in [0.15, 0.2) is 0 Å². The monoisotopic (exact) mass is 278 g/mol. The SMILES string of the molecule is CCN1CCCC1CNC(C)c1c(O)cccc1OC. The summed E-state index contributed by atoms with van der Waals surface area (Å²) in [6.07, 6.45) is 2.54. The summed E-state index contributed by atoms with van der Waals surface area (Å²) in [5.74, 6) is 1.03. The fourth-order valence-corrected chi connectivity index (χ4v) is 3.10. The minimum Gasteiger partial charge on any atom is -0.507 e. The summed E-state index contributed by atoms with van der Waals surface area (Å²) in [6.45, 7) is 7.56. The summed E-state index contributed by atoms with van der Waals surface area (Å²) in [4.78, 5) is 2.52. The first-order chi connectivity index (χ1) is 9.67. The quantitative estimate of drug-likeness (QED) is 0.839. The lowest BCUT2D eigenvalue weighted by Crippen LogP contribution is -2.38. The van der Waals surface area contributed by atoms with Gasteiger partial charge in [0.2, 0.25) is 0 Å². The highest BCUT2D eigenvalue weighted by molar-refractivity contribution is 5.45. The molecule has 112 valence electrons. The van der Waals surface area contributed by atoms with Gasteiger partial charge < -0.3 is 15.2 Å². The molecule has 1 saturated heterocycles. The van der Waals surface area contributed by atoms with E-state index in [9.17, 15) is 5.11 Å². The zero-order chi connectivity index (χ0) is 14.5. The first-order valence-electron chi connectivity index (χ1n) is 7.50. The number of nitrogens with one attached hydrogen (secondary N) is 1. The van der Waals surface area contributed by atoms with Gasteiger partial charge >= 0.3 is 0 Å². The number of nitrogens with zero attached hydrogens (tertiary/aromatic N) is 1. The molecule has 2 N–H and O–H groups in total. The smallest absolute Gasteiger partial charge is 0.127 e. The van der Waals surface area contributed by atoms with Crippen molar-refractivity contribution >= 4 is 0 Å². The number of phenolic OH excluding ortho intramolecular Hbond substituents is 1. The largest absolute Gasteiger partial charge is 0.507 e. The molecule has 0 radical (unpaired) electrons. The highest BCUT2D eigenvalue weighted by atomic mass is 16.5. The third kappa shape index (κ3) is 3.25. The number of likely N-dealkylation sites (tertiary alicyclic amines) is 1. The number of aromatic hydroxyl groups is 1. The Morgan fingerprint density at radius 3 is 3.00 bits per heavy atom. The van der Waals surface area contributed by atoms with Crippen LogP contribution in [0.5, 0.6) is 11.5 Å². The van der Waals surface area contributed by atoms with Crippen LogP contribution in [-0.2, 0) is 0 Å². The van der Waals surface area contributed by atoms with Crippen LogP contribution < -0.4 is 10.1 Å². The van der Waals surface area contributed by atoms with E-state index < -0.39 is 0 Å². The van der Waals surface area contributed by atoms with E-state index in [1.165, 1.54) is 19.4 Å². The second-order valence-corrected chi connectivity index (χ2v) is 5.45. The first kappa shape index (κ1) is 15.1. The van der Waals surface area contributed by atoms with Crippen molar-refractivity contribution in [1.29, 1.82) is 0 Å². The number of ether oxygens (including phenoxy) is 1. The summed E-state index contributed by atoms with van der Waals surface area (Å²) in [7, 11) is 1.64. The Morgan fingerprint density at radius 2 is 2.30 bits per heavy atom. The molecule has 2 rings (SSSR count). The molecule has 2 atom stereocenters. The Bertz CT molecular complexity index is 436. The third-order valence-electron chi connectivity index (χ3n) is 4.26. The molecule has 0 aliphatic carbocycles. The standard InChI is InChI=1S/C16H26N2O2/c1-4-18-10-6-7-13(18)11-17-12(2)16-14(19)8-5-9-15(16)20-3/h5,8-9,12-13,17,19H,4,6-7,10-11H2,1-3H3. The predicted octanol–water partition coefficient (Wildman–Crippen LogP) is 2.54. The maximum Gasteiger partial charge on any atom is 0.127 e. The van der Waals surface area contributed by atoms with Crippen molar-refractivity contribution in [1.82, 2.24) is 10.2 Å². The Labute approximate surface area is 121 Å². The van der Waals surface area contributed by atoms with Gasteiger partial charge in [-0.25, -0.2) is 0 Å². The molecule has 0 saturated carbocycles. The van der Waals surface area contributed by atoms with Crippen LogP contribution in [0.2, 0.25) is 0 Å². The highest BCUT2D eigenvalue weighted by Crippen LogP contribution is 2.33. The van der Waals surface area contributed by atoms with Crippen LogP contribution in [0.4, 0.5) is 0 Å². The third-order valence-corrected chi connectivity index (χ3v) is 4.26. The van der Waals surface area contributed by atoms with E-state index in [2.05, 4.69) is 24.1 Å². The summed E-state index contributed by atoms with van der Waals surface area (Å²) in [5, 5.41) is 13.6. The van der Waals surface area contributed by atoms with Crippen LogP contribution in [0, 0.1) is 0 Å². The molecule has 20 heavy (non-hydrogen) atoms. The average Bonchev–Trinajstić information content (AvgIpc) is 2.91. The van der Waals surface area contributed by atoms with E-state index in [0.717, 1.165) is 24.4 Å².